The Balaban J connectivity index is 2.30. The zero-order valence-electron chi connectivity index (χ0n) is 11.9. The van der Waals surface area contributed by atoms with Crippen LogP contribution in [0.4, 0.5) is 0 Å². The van der Waals surface area contributed by atoms with E-state index < -0.39 is 0 Å². The fraction of sp³-hybridized carbons (Fsp3) is 0.278. The summed E-state index contributed by atoms with van der Waals surface area (Å²) >= 11 is 2.35. The van der Waals surface area contributed by atoms with E-state index in [-0.39, 0.29) is 5.92 Å². The van der Waals surface area contributed by atoms with Gasteiger partial charge < -0.3 is 0 Å². The highest BCUT2D eigenvalue weighted by Crippen LogP contribution is 2.20. The highest BCUT2D eigenvalue weighted by molar-refractivity contribution is 14.1. The second-order valence-corrected chi connectivity index (χ2v) is 6.15. The molecule has 20 heavy (non-hydrogen) atoms. The summed E-state index contributed by atoms with van der Waals surface area (Å²) in [5, 5.41) is 0. The SMILES string of the molecule is C#CC1C=C(N=Cc2cc(I)cc(C)c2CC)C=CC1. The molecule has 0 radical (unpaired) electrons. The van der Waals surface area contributed by atoms with Gasteiger partial charge in [0.15, 0.2) is 0 Å². The molecule has 0 heterocycles. The van der Waals surface area contributed by atoms with Gasteiger partial charge in [-0.25, -0.2) is 0 Å². The minimum absolute atomic E-state index is 0.176. The zero-order valence-corrected chi connectivity index (χ0v) is 14.0. The van der Waals surface area contributed by atoms with Gasteiger partial charge in [-0.3, -0.25) is 4.99 Å². The second-order valence-electron chi connectivity index (χ2n) is 4.90. The van der Waals surface area contributed by atoms with Crippen LogP contribution in [0, 0.1) is 28.8 Å². The minimum Gasteiger partial charge on any atom is -0.257 e. The van der Waals surface area contributed by atoms with Crippen LogP contribution in [0.5, 0.6) is 0 Å². The number of hydrogen-bond donors (Lipinski definition) is 0. The Hall–Kier alpha value is -1.34. The van der Waals surface area contributed by atoms with E-state index in [1.54, 1.807) is 0 Å². The summed E-state index contributed by atoms with van der Waals surface area (Å²) < 4.78 is 1.24. The summed E-state index contributed by atoms with van der Waals surface area (Å²) in [5.41, 5.74) is 4.85. The molecule has 1 aromatic carbocycles. The smallest absolute Gasteiger partial charge is 0.0599 e. The lowest BCUT2D eigenvalue weighted by molar-refractivity contribution is 0.840. The number of rotatable bonds is 3. The Labute approximate surface area is 135 Å². The third kappa shape index (κ3) is 3.61. The third-order valence-corrected chi connectivity index (χ3v) is 4.07. The Kier molecular flexibility index (Phi) is 5.19. The lowest BCUT2D eigenvalue weighted by atomic mass is 9.99. The van der Waals surface area contributed by atoms with Gasteiger partial charge in [0.05, 0.1) is 5.70 Å². The molecule has 1 atom stereocenters. The molecule has 1 aliphatic rings. The minimum atomic E-state index is 0.176. The molecule has 2 heteroatoms. The van der Waals surface area contributed by atoms with E-state index in [1.807, 2.05) is 12.3 Å². The fourth-order valence-corrected chi connectivity index (χ4v) is 3.21. The van der Waals surface area contributed by atoms with Gasteiger partial charge in [-0.05, 0) is 83.3 Å². The van der Waals surface area contributed by atoms with Crippen LogP contribution in [0.3, 0.4) is 0 Å². The van der Waals surface area contributed by atoms with Crippen molar-refractivity contribution in [3.8, 4) is 12.3 Å². The number of halogens is 1. The van der Waals surface area contributed by atoms with Crippen molar-refractivity contribution >= 4 is 28.8 Å². The van der Waals surface area contributed by atoms with Gasteiger partial charge in [-0.1, -0.05) is 18.9 Å². The van der Waals surface area contributed by atoms with Gasteiger partial charge in [0.2, 0.25) is 0 Å². The first kappa shape index (κ1) is 15.1. The van der Waals surface area contributed by atoms with Gasteiger partial charge in [-0.2, -0.15) is 0 Å². The number of nitrogens with zero attached hydrogens (tertiary/aromatic N) is 1. The van der Waals surface area contributed by atoms with E-state index in [4.69, 9.17) is 6.42 Å². The van der Waals surface area contributed by atoms with Crippen molar-refractivity contribution < 1.29 is 0 Å². The van der Waals surface area contributed by atoms with Crippen molar-refractivity contribution in [1.82, 2.24) is 0 Å². The molecule has 0 aromatic heterocycles. The molecule has 0 fully saturated rings. The summed E-state index contributed by atoms with van der Waals surface area (Å²) in [6.07, 6.45) is 15.6. The van der Waals surface area contributed by atoms with E-state index in [2.05, 4.69) is 71.6 Å². The molecule has 1 unspecified atom stereocenters. The molecule has 2 rings (SSSR count). The van der Waals surface area contributed by atoms with Gasteiger partial charge in [-0.15, -0.1) is 6.42 Å². The molecule has 0 saturated heterocycles. The maximum Gasteiger partial charge on any atom is 0.0599 e. The van der Waals surface area contributed by atoms with Crippen LogP contribution < -0.4 is 0 Å². The van der Waals surface area contributed by atoms with E-state index in [9.17, 15) is 0 Å². The molecule has 0 amide bonds. The van der Waals surface area contributed by atoms with E-state index >= 15 is 0 Å². The largest absolute Gasteiger partial charge is 0.257 e. The van der Waals surface area contributed by atoms with E-state index in [0.29, 0.717) is 0 Å². The first-order chi connectivity index (χ1) is 9.63. The molecule has 0 saturated carbocycles. The van der Waals surface area contributed by atoms with Crippen LogP contribution in [0.15, 0.2) is 41.1 Å². The number of terminal acetylenes is 1. The lowest BCUT2D eigenvalue weighted by Gasteiger charge is -2.10. The lowest BCUT2D eigenvalue weighted by Crippen LogP contribution is -1.99. The number of allylic oxidation sites excluding steroid dienone is 3. The van der Waals surface area contributed by atoms with Gasteiger partial charge in [0.25, 0.3) is 0 Å². The first-order valence-electron chi connectivity index (χ1n) is 6.81. The van der Waals surface area contributed by atoms with Crippen LogP contribution >= 0.6 is 22.6 Å². The monoisotopic (exact) mass is 375 g/mol. The third-order valence-electron chi connectivity index (χ3n) is 3.44. The maximum absolute atomic E-state index is 5.48. The first-order valence-corrected chi connectivity index (χ1v) is 7.89. The quantitative estimate of drug-likeness (QED) is 0.414. The molecule has 0 bridgehead atoms. The molecular formula is C18H18IN. The molecule has 0 aliphatic heterocycles. The summed E-state index contributed by atoms with van der Waals surface area (Å²) in [5.74, 6) is 2.95. The highest BCUT2D eigenvalue weighted by atomic mass is 127. The van der Waals surface area contributed by atoms with Crippen LogP contribution in [-0.2, 0) is 6.42 Å². The van der Waals surface area contributed by atoms with Crippen molar-refractivity contribution in [2.24, 2.45) is 10.9 Å². The topological polar surface area (TPSA) is 12.4 Å². The summed E-state index contributed by atoms with van der Waals surface area (Å²) in [4.78, 5) is 4.59. The summed E-state index contributed by atoms with van der Waals surface area (Å²) in [6.45, 7) is 4.34. The average molecular weight is 375 g/mol. The number of aryl methyl sites for hydroxylation is 1. The number of hydrogen-bond acceptors (Lipinski definition) is 1. The Morgan fingerprint density at radius 1 is 1.50 bits per heavy atom. The van der Waals surface area contributed by atoms with Gasteiger partial charge >= 0.3 is 0 Å². The van der Waals surface area contributed by atoms with Crippen molar-refractivity contribution in [3.63, 3.8) is 0 Å². The Morgan fingerprint density at radius 3 is 3.00 bits per heavy atom. The molecular weight excluding hydrogens is 357 g/mol. The number of benzene rings is 1. The zero-order chi connectivity index (χ0) is 14.5. The predicted molar refractivity (Wildman–Crippen MR) is 95.0 cm³/mol. The Morgan fingerprint density at radius 2 is 2.30 bits per heavy atom. The normalized spacial score (nSPS) is 18.1. The van der Waals surface area contributed by atoms with Crippen molar-refractivity contribution in [2.45, 2.75) is 26.7 Å². The van der Waals surface area contributed by atoms with Crippen LogP contribution in [0.2, 0.25) is 0 Å². The molecule has 0 N–H and O–H groups in total. The molecule has 102 valence electrons. The van der Waals surface area contributed by atoms with E-state index in [1.165, 1.54) is 20.3 Å². The number of aliphatic imine (C=N–C) groups is 1. The van der Waals surface area contributed by atoms with Crippen molar-refractivity contribution in [2.75, 3.05) is 0 Å². The van der Waals surface area contributed by atoms with Crippen molar-refractivity contribution in [3.05, 3.63) is 56.3 Å². The van der Waals surface area contributed by atoms with Crippen molar-refractivity contribution in [1.29, 1.82) is 0 Å². The van der Waals surface area contributed by atoms with Crippen LogP contribution in [-0.4, -0.2) is 6.21 Å². The maximum atomic E-state index is 5.48. The molecule has 1 aliphatic carbocycles. The Bertz CT molecular complexity index is 630. The van der Waals surface area contributed by atoms with Gasteiger partial charge in [0, 0.05) is 15.7 Å². The van der Waals surface area contributed by atoms with Crippen LogP contribution in [0.1, 0.15) is 30.0 Å². The van der Waals surface area contributed by atoms with Crippen LogP contribution in [0.25, 0.3) is 0 Å². The molecule has 0 spiro atoms. The van der Waals surface area contributed by atoms with Gasteiger partial charge in [0.1, 0.15) is 0 Å². The second kappa shape index (κ2) is 6.90. The fourth-order valence-electron chi connectivity index (χ4n) is 2.41. The molecule has 1 nitrogen and oxygen atoms in total. The standard InChI is InChI=1S/C18H18IN/c1-4-14-7-6-8-17(10-14)20-12-15-11-16(19)9-13(3)18(15)5-2/h1,6,8-12,14H,5,7H2,2-3H3. The predicted octanol–water partition coefficient (Wildman–Crippen LogP) is 4.67. The molecule has 1 aromatic rings. The summed E-state index contributed by atoms with van der Waals surface area (Å²) in [6, 6.07) is 4.40. The van der Waals surface area contributed by atoms with E-state index in [0.717, 1.165) is 18.5 Å². The average Bonchev–Trinajstić information content (AvgIpc) is 2.45. The summed E-state index contributed by atoms with van der Waals surface area (Å²) in [7, 11) is 0. The highest BCUT2D eigenvalue weighted by Gasteiger charge is 2.06.